The van der Waals surface area contributed by atoms with Crippen molar-refractivity contribution in [3.8, 4) is 0 Å². The molecular weight excluding hydrogens is 376 g/mol. The molecule has 29 heavy (non-hydrogen) atoms. The molecule has 0 spiro atoms. The van der Waals surface area contributed by atoms with Crippen molar-refractivity contribution in [2.75, 3.05) is 31.9 Å². The summed E-state index contributed by atoms with van der Waals surface area (Å²) < 4.78 is 0. The number of carbonyl (C=O) groups excluding carboxylic acids is 3. The molecule has 0 aliphatic carbocycles. The average molecular weight is 402 g/mol. The van der Waals surface area contributed by atoms with E-state index in [0.29, 0.717) is 0 Å². The Kier molecular flexibility index (Phi) is 5.25. The molecule has 0 radical (unpaired) electrons. The van der Waals surface area contributed by atoms with Gasteiger partial charge in [0.1, 0.15) is 0 Å². The van der Waals surface area contributed by atoms with Gasteiger partial charge in [0, 0.05) is 38.3 Å². The molecule has 0 aromatic heterocycles. The largest absolute Gasteiger partial charge is 0.465 e. The molecule has 1 aromatic carbocycles. The Bertz CT molecular complexity index is 876. The smallest absolute Gasteiger partial charge is 0.407 e. The molecule has 156 valence electrons. The minimum absolute atomic E-state index is 0.0185. The Morgan fingerprint density at radius 1 is 1.17 bits per heavy atom. The van der Waals surface area contributed by atoms with Crippen LogP contribution < -0.4 is 5.73 Å². The molecule has 2 aliphatic heterocycles. The number of rotatable bonds is 3. The van der Waals surface area contributed by atoms with Crippen molar-refractivity contribution < 1.29 is 24.3 Å². The van der Waals surface area contributed by atoms with Gasteiger partial charge in [0.2, 0.25) is 5.91 Å². The second-order valence-corrected chi connectivity index (χ2v) is 8.48. The van der Waals surface area contributed by atoms with Crippen molar-refractivity contribution in [3.05, 3.63) is 29.3 Å². The zero-order chi connectivity index (χ0) is 21.5. The molecule has 1 saturated heterocycles. The van der Waals surface area contributed by atoms with Crippen molar-refractivity contribution in [1.29, 1.82) is 0 Å². The standard InChI is InChI=1S/C20H26N4O5/c1-20(2,3)14-11-22(9-10-23(14)19(28)29)15(25)7-8-24-17(26)12-5-4-6-13(21)16(12)18(24)27/h4-6,14H,7-11,21H2,1-3H3,(H,28,29). The first-order chi connectivity index (χ1) is 13.5. The molecule has 3 rings (SSSR count). The van der Waals surface area contributed by atoms with E-state index in [1.807, 2.05) is 20.8 Å². The SMILES string of the molecule is CC(C)(C)C1CN(C(=O)CCN2C(=O)c3cccc(N)c3C2=O)CCN1C(=O)O. The number of amides is 4. The zero-order valence-electron chi connectivity index (χ0n) is 16.8. The number of imide groups is 1. The van der Waals surface area contributed by atoms with E-state index < -0.39 is 17.9 Å². The molecular formula is C20H26N4O5. The predicted molar refractivity (Wildman–Crippen MR) is 105 cm³/mol. The number of fused-ring (bicyclic) bond motifs is 1. The Morgan fingerprint density at radius 3 is 2.45 bits per heavy atom. The molecule has 1 unspecified atom stereocenters. The summed E-state index contributed by atoms with van der Waals surface area (Å²) in [6.45, 7) is 6.56. The van der Waals surface area contributed by atoms with E-state index in [9.17, 15) is 24.3 Å². The van der Waals surface area contributed by atoms with E-state index in [2.05, 4.69) is 0 Å². The number of hydrogen-bond donors (Lipinski definition) is 2. The summed E-state index contributed by atoms with van der Waals surface area (Å²) in [5, 5.41) is 9.44. The van der Waals surface area contributed by atoms with Gasteiger partial charge in [-0.2, -0.15) is 0 Å². The highest BCUT2D eigenvalue weighted by Crippen LogP contribution is 2.29. The topological polar surface area (TPSA) is 124 Å². The second kappa shape index (κ2) is 7.38. The Hall–Kier alpha value is -3.10. The van der Waals surface area contributed by atoms with Crippen molar-refractivity contribution >= 4 is 29.5 Å². The zero-order valence-corrected chi connectivity index (χ0v) is 16.8. The van der Waals surface area contributed by atoms with Crippen LogP contribution in [0.3, 0.4) is 0 Å². The molecule has 1 atom stereocenters. The van der Waals surface area contributed by atoms with Crippen LogP contribution in [0, 0.1) is 5.41 Å². The predicted octanol–water partition coefficient (Wildman–Crippen LogP) is 1.49. The highest BCUT2D eigenvalue weighted by molar-refractivity contribution is 6.23. The third-order valence-corrected chi connectivity index (χ3v) is 5.56. The van der Waals surface area contributed by atoms with E-state index in [0.717, 1.165) is 4.90 Å². The summed E-state index contributed by atoms with van der Waals surface area (Å²) in [5.74, 6) is -1.15. The van der Waals surface area contributed by atoms with Gasteiger partial charge in [-0.05, 0) is 17.5 Å². The van der Waals surface area contributed by atoms with Crippen LogP contribution in [0.1, 0.15) is 47.9 Å². The van der Waals surface area contributed by atoms with Crippen LogP contribution in [0.4, 0.5) is 10.5 Å². The monoisotopic (exact) mass is 402 g/mol. The average Bonchev–Trinajstić information content (AvgIpc) is 2.90. The number of benzene rings is 1. The van der Waals surface area contributed by atoms with Gasteiger partial charge in [-0.25, -0.2) is 4.79 Å². The second-order valence-electron chi connectivity index (χ2n) is 8.48. The molecule has 1 aromatic rings. The number of nitrogens with zero attached hydrogens (tertiary/aromatic N) is 3. The molecule has 2 heterocycles. The first-order valence-electron chi connectivity index (χ1n) is 9.54. The Balaban J connectivity index is 1.66. The van der Waals surface area contributed by atoms with Crippen LogP contribution >= 0.6 is 0 Å². The normalized spacial score (nSPS) is 19.6. The maximum Gasteiger partial charge on any atom is 0.407 e. The van der Waals surface area contributed by atoms with Crippen molar-refractivity contribution in [2.24, 2.45) is 5.41 Å². The van der Waals surface area contributed by atoms with Crippen LogP contribution in [0.25, 0.3) is 0 Å². The molecule has 0 bridgehead atoms. The number of nitrogens with two attached hydrogens (primary N) is 1. The van der Waals surface area contributed by atoms with Gasteiger partial charge < -0.3 is 20.6 Å². The van der Waals surface area contributed by atoms with Crippen LogP contribution in [0.2, 0.25) is 0 Å². The van der Waals surface area contributed by atoms with Gasteiger partial charge in [0.15, 0.2) is 0 Å². The lowest BCUT2D eigenvalue weighted by Gasteiger charge is -2.46. The minimum atomic E-state index is -0.999. The quantitative estimate of drug-likeness (QED) is 0.583. The van der Waals surface area contributed by atoms with E-state index in [4.69, 9.17) is 5.73 Å². The maximum atomic E-state index is 12.7. The van der Waals surface area contributed by atoms with E-state index in [1.54, 1.807) is 23.1 Å². The van der Waals surface area contributed by atoms with Crippen LogP contribution in [0.5, 0.6) is 0 Å². The van der Waals surface area contributed by atoms with Gasteiger partial charge >= 0.3 is 6.09 Å². The summed E-state index contributed by atoms with van der Waals surface area (Å²) in [4.78, 5) is 53.4. The lowest BCUT2D eigenvalue weighted by Crippen LogP contribution is -2.60. The molecule has 1 fully saturated rings. The van der Waals surface area contributed by atoms with Crippen molar-refractivity contribution in [2.45, 2.75) is 33.2 Å². The number of nitrogen functional groups attached to an aromatic ring is 1. The van der Waals surface area contributed by atoms with Gasteiger partial charge in [-0.15, -0.1) is 0 Å². The first-order valence-corrected chi connectivity index (χ1v) is 9.54. The van der Waals surface area contributed by atoms with Crippen LogP contribution in [-0.2, 0) is 4.79 Å². The number of hydrogen-bond acceptors (Lipinski definition) is 5. The lowest BCUT2D eigenvalue weighted by atomic mass is 9.84. The fraction of sp³-hybridized carbons (Fsp3) is 0.500. The summed E-state index contributed by atoms with van der Waals surface area (Å²) in [6, 6.07) is 4.39. The lowest BCUT2D eigenvalue weighted by molar-refractivity contribution is -0.135. The third-order valence-electron chi connectivity index (χ3n) is 5.56. The Labute approximate surface area is 169 Å². The van der Waals surface area contributed by atoms with Gasteiger partial charge in [0.05, 0.1) is 17.2 Å². The highest BCUT2D eigenvalue weighted by atomic mass is 16.4. The fourth-order valence-corrected chi connectivity index (χ4v) is 3.91. The maximum absolute atomic E-state index is 12.7. The summed E-state index contributed by atoms with van der Waals surface area (Å²) >= 11 is 0. The molecule has 0 saturated carbocycles. The Morgan fingerprint density at radius 2 is 1.86 bits per heavy atom. The van der Waals surface area contributed by atoms with Crippen molar-refractivity contribution in [1.82, 2.24) is 14.7 Å². The summed E-state index contributed by atoms with van der Waals surface area (Å²) in [6.07, 6.45) is -1.02. The van der Waals surface area contributed by atoms with E-state index in [1.165, 1.54) is 4.90 Å². The molecule has 9 nitrogen and oxygen atoms in total. The minimum Gasteiger partial charge on any atom is -0.465 e. The summed E-state index contributed by atoms with van der Waals surface area (Å²) in [7, 11) is 0. The van der Waals surface area contributed by atoms with Crippen molar-refractivity contribution in [3.63, 3.8) is 0 Å². The third kappa shape index (κ3) is 3.76. The first kappa shape index (κ1) is 20.6. The van der Waals surface area contributed by atoms with Crippen LogP contribution in [0.15, 0.2) is 18.2 Å². The van der Waals surface area contributed by atoms with Gasteiger partial charge in [-0.3, -0.25) is 19.3 Å². The highest BCUT2D eigenvalue weighted by Gasteiger charge is 2.40. The van der Waals surface area contributed by atoms with Crippen LogP contribution in [-0.4, -0.2) is 75.8 Å². The summed E-state index contributed by atoms with van der Waals surface area (Å²) in [5.41, 5.74) is 6.18. The molecule has 9 heteroatoms. The molecule has 2 aliphatic rings. The number of piperazine rings is 1. The number of carboxylic acid groups (broad SMARTS) is 1. The molecule has 3 N–H and O–H groups in total. The number of carbonyl (C=O) groups is 4. The van der Waals surface area contributed by atoms with Gasteiger partial charge in [-0.1, -0.05) is 26.8 Å². The number of anilines is 1. The van der Waals surface area contributed by atoms with E-state index >= 15 is 0 Å². The van der Waals surface area contributed by atoms with E-state index in [-0.39, 0.29) is 66.8 Å². The van der Waals surface area contributed by atoms with Gasteiger partial charge in [0.25, 0.3) is 11.8 Å². The molecule has 4 amide bonds. The fourth-order valence-electron chi connectivity index (χ4n) is 3.91.